The number of carbonyl (C=O) groups is 2. The quantitative estimate of drug-likeness (QED) is 0.570. The molecule has 0 aliphatic rings. The summed E-state index contributed by atoms with van der Waals surface area (Å²) in [6.07, 6.45) is 0. The molecule has 0 fully saturated rings. The number of sulfonamides is 1. The normalized spacial score (nSPS) is 12.1. The van der Waals surface area contributed by atoms with Crippen LogP contribution in [0.2, 0.25) is 0 Å². The first-order valence-corrected chi connectivity index (χ1v) is 11.3. The number of hydrogen-bond donors (Lipinski definition) is 1. The Bertz CT molecular complexity index is 1010. The summed E-state index contributed by atoms with van der Waals surface area (Å²) in [6.45, 7) is 9.43. The molecule has 1 N–H and O–H groups in total. The summed E-state index contributed by atoms with van der Waals surface area (Å²) < 4.78 is 36.3. The van der Waals surface area contributed by atoms with Gasteiger partial charge in [0.15, 0.2) is 12.4 Å². The third-order valence-corrected chi connectivity index (χ3v) is 6.41. The standard InChI is InChI=1S/C20H28N4O6S/c1-6-24(7-2)31(27,28)15-10-8-14(9-11-15)18(26)21-12-17(25)29-13-16-22-19(23-30-16)20(3,4)5/h8-11H,6-7,12-13H2,1-5H3,(H,21,26). The largest absolute Gasteiger partial charge is 0.454 e. The van der Waals surface area contributed by atoms with Crippen molar-refractivity contribution in [3.8, 4) is 0 Å². The molecule has 10 nitrogen and oxygen atoms in total. The summed E-state index contributed by atoms with van der Waals surface area (Å²) in [5.41, 5.74) is -0.0713. The maximum Gasteiger partial charge on any atom is 0.325 e. The molecule has 0 atom stereocenters. The molecule has 0 saturated heterocycles. The SMILES string of the molecule is CCN(CC)S(=O)(=O)c1ccc(C(=O)NCC(=O)OCc2nc(C(C)(C)C)no2)cc1. The molecule has 11 heteroatoms. The maximum absolute atomic E-state index is 12.5. The molecule has 0 radical (unpaired) electrons. The molecule has 0 saturated carbocycles. The van der Waals surface area contributed by atoms with E-state index in [9.17, 15) is 18.0 Å². The van der Waals surface area contributed by atoms with Crippen LogP contribution in [0.4, 0.5) is 0 Å². The second kappa shape index (κ2) is 10.0. The van der Waals surface area contributed by atoms with Gasteiger partial charge in [0.05, 0.1) is 4.90 Å². The fourth-order valence-corrected chi connectivity index (χ4v) is 4.01. The predicted octanol–water partition coefficient (Wildman–Crippen LogP) is 1.87. The lowest BCUT2D eigenvalue weighted by Crippen LogP contribution is -2.31. The van der Waals surface area contributed by atoms with Crippen molar-refractivity contribution < 1.29 is 27.3 Å². The number of hydrogen-bond acceptors (Lipinski definition) is 8. The molecule has 0 bridgehead atoms. The van der Waals surface area contributed by atoms with Crippen molar-refractivity contribution >= 4 is 21.9 Å². The van der Waals surface area contributed by atoms with E-state index >= 15 is 0 Å². The number of aromatic nitrogens is 2. The van der Waals surface area contributed by atoms with Crippen molar-refractivity contribution in [2.24, 2.45) is 0 Å². The molecule has 0 aliphatic carbocycles. The second-order valence-electron chi connectivity index (χ2n) is 7.72. The summed E-state index contributed by atoms with van der Waals surface area (Å²) in [6, 6.07) is 5.51. The van der Waals surface area contributed by atoms with Gasteiger partial charge < -0.3 is 14.6 Å². The lowest BCUT2D eigenvalue weighted by Gasteiger charge is -2.18. The zero-order chi connectivity index (χ0) is 23.2. The van der Waals surface area contributed by atoms with Crippen LogP contribution in [-0.4, -0.2) is 54.4 Å². The average molecular weight is 453 g/mol. The van der Waals surface area contributed by atoms with Crippen molar-refractivity contribution in [1.82, 2.24) is 19.8 Å². The van der Waals surface area contributed by atoms with E-state index in [1.54, 1.807) is 13.8 Å². The van der Waals surface area contributed by atoms with Crippen molar-refractivity contribution in [3.05, 3.63) is 41.5 Å². The third kappa shape index (κ3) is 6.34. The van der Waals surface area contributed by atoms with Gasteiger partial charge in [-0.15, -0.1) is 0 Å². The fourth-order valence-electron chi connectivity index (χ4n) is 2.56. The fraction of sp³-hybridized carbons (Fsp3) is 0.500. The number of nitrogens with zero attached hydrogens (tertiary/aromatic N) is 3. The molecule has 0 spiro atoms. The molecule has 1 aromatic heterocycles. The minimum absolute atomic E-state index is 0.0985. The van der Waals surface area contributed by atoms with Crippen molar-refractivity contribution in [2.75, 3.05) is 19.6 Å². The van der Waals surface area contributed by atoms with E-state index in [4.69, 9.17) is 9.26 Å². The summed E-state index contributed by atoms with van der Waals surface area (Å²) in [4.78, 5) is 28.3. The van der Waals surface area contributed by atoms with Gasteiger partial charge in [-0.2, -0.15) is 9.29 Å². The van der Waals surface area contributed by atoms with Gasteiger partial charge in [0.25, 0.3) is 11.8 Å². The Morgan fingerprint density at radius 1 is 1.13 bits per heavy atom. The van der Waals surface area contributed by atoms with E-state index in [0.29, 0.717) is 18.9 Å². The molecule has 0 aliphatic heterocycles. The molecule has 170 valence electrons. The number of carbonyl (C=O) groups excluding carboxylic acids is 2. The Balaban J connectivity index is 1.88. The first-order valence-electron chi connectivity index (χ1n) is 9.86. The van der Waals surface area contributed by atoms with Crippen LogP contribution in [0.25, 0.3) is 0 Å². The van der Waals surface area contributed by atoms with Crippen molar-refractivity contribution in [2.45, 2.75) is 51.5 Å². The van der Waals surface area contributed by atoms with Crippen LogP contribution in [-0.2, 0) is 31.6 Å². The molecule has 2 aromatic rings. The van der Waals surface area contributed by atoms with Gasteiger partial charge in [0, 0.05) is 24.1 Å². The van der Waals surface area contributed by atoms with Crippen LogP contribution in [0, 0.1) is 0 Å². The van der Waals surface area contributed by atoms with E-state index in [1.165, 1.54) is 28.6 Å². The monoisotopic (exact) mass is 452 g/mol. The summed E-state index contributed by atoms with van der Waals surface area (Å²) in [5.74, 6) is -0.547. The highest BCUT2D eigenvalue weighted by molar-refractivity contribution is 7.89. The Morgan fingerprint density at radius 2 is 1.74 bits per heavy atom. The number of esters is 1. The number of rotatable bonds is 9. The number of nitrogens with one attached hydrogen (secondary N) is 1. The Hall–Kier alpha value is -2.79. The lowest BCUT2D eigenvalue weighted by molar-refractivity contribution is -0.144. The summed E-state index contributed by atoms with van der Waals surface area (Å²) >= 11 is 0. The van der Waals surface area contributed by atoms with Crippen molar-refractivity contribution in [1.29, 1.82) is 0 Å². The Morgan fingerprint density at radius 3 is 2.26 bits per heavy atom. The molecule has 31 heavy (non-hydrogen) atoms. The van der Waals surface area contributed by atoms with Crippen LogP contribution >= 0.6 is 0 Å². The molecular formula is C20H28N4O6S. The predicted molar refractivity (Wildman–Crippen MR) is 112 cm³/mol. The van der Waals surface area contributed by atoms with Crippen molar-refractivity contribution in [3.63, 3.8) is 0 Å². The summed E-state index contributed by atoms with van der Waals surface area (Å²) in [7, 11) is -3.60. The molecule has 1 aromatic carbocycles. The minimum Gasteiger partial charge on any atom is -0.454 e. The maximum atomic E-state index is 12.5. The van der Waals surface area contributed by atoms with Crippen LogP contribution in [0.1, 0.15) is 56.7 Å². The van der Waals surface area contributed by atoms with Crippen LogP contribution in [0.3, 0.4) is 0 Å². The third-order valence-electron chi connectivity index (χ3n) is 4.35. The van der Waals surface area contributed by atoms with E-state index in [0.717, 1.165) is 0 Å². The smallest absolute Gasteiger partial charge is 0.325 e. The number of amides is 1. The minimum atomic E-state index is -3.60. The molecular weight excluding hydrogens is 424 g/mol. The highest BCUT2D eigenvalue weighted by Gasteiger charge is 2.23. The molecule has 0 unspecified atom stereocenters. The van der Waals surface area contributed by atoms with Gasteiger partial charge in [0.2, 0.25) is 10.0 Å². The number of ether oxygens (including phenoxy) is 1. The van der Waals surface area contributed by atoms with Crippen LogP contribution in [0.5, 0.6) is 0 Å². The summed E-state index contributed by atoms with van der Waals surface area (Å²) in [5, 5.41) is 6.26. The number of benzene rings is 1. The van der Waals surface area contributed by atoms with Gasteiger partial charge in [-0.3, -0.25) is 9.59 Å². The van der Waals surface area contributed by atoms with Gasteiger partial charge in [-0.25, -0.2) is 8.42 Å². The first-order chi connectivity index (χ1) is 14.5. The Labute approximate surface area is 182 Å². The van der Waals surface area contributed by atoms with E-state index in [1.807, 2.05) is 20.8 Å². The zero-order valence-corrected chi connectivity index (χ0v) is 19.2. The van der Waals surface area contributed by atoms with E-state index in [-0.39, 0.29) is 34.9 Å². The lowest BCUT2D eigenvalue weighted by atomic mass is 9.96. The van der Waals surface area contributed by atoms with Gasteiger partial charge >= 0.3 is 5.97 Å². The molecule has 2 rings (SSSR count). The highest BCUT2D eigenvalue weighted by atomic mass is 32.2. The van der Waals surface area contributed by atoms with Crippen LogP contribution in [0.15, 0.2) is 33.7 Å². The van der Waals surface area contributed by atoms with E-state index in [2.05, 4.69) is 15.5 Å². The second-order valence-corrected chi connectivity index (χ2v) is 9.66. The average Bonchev–Trinajstić information content (AvgIpc) is 3.21. The van der Waals surface area contributed by atoms with Gasteiger partial charge in [0.1, 0.15) is 6.54 Å². The van der Waals surface area contributed by atoms with Gasteiger partial charge in [-0.05, 0) is 24.3 Å². The molecule has 1 heterocycles. The van der Waals surface area contributed by atoms with Gasteiger partial charge in [-0.1, -0.05) is 39.8 Å². The first kappa shape index (κ1) is 24.5. The van der Waals surface area contributed by atoms with E-state index < -0.39 is 21.9 Å². The highest BCUT2D eigenvalue weighted by Crippen LogP contribution is 2.18. The zero-order valence-electron chi connectivity index (χ0n) is 18.3. The topological polar surface area (TPSA) is 132 Å². The van der Waals surface area contributed by atoms with Crippen LogP contribution < -0.4 is 5.32 Å². The Kier molecular flexibility index (Phi) is 7.91. The molecule has 1 amide bonds.